The van der Waals surface area contributed by atoms with Crippen LogP contribution in [-0.4, -0.2) is 53.7 Å². The smallest absolute Gasteiger partial charge is 0.410 e. The summed E-state index contributed by atoms with van der Waals surface area (Å²) < 4.78 is 5.31. The van der Waals surface area contributed by atoms with Gasteiger partial charge in [-0.2, -0.15) is 0 Å². The van der Waals surface area contributed by atoms with Crippen LogP contribution in [0.15, 0.2) is 11.8 Å². The van der Waals surface area contributed by atoms with Crippen molar-refractivity contribution in [2.24, 2.45) is 0 Å². The van der Waals surface area contributed by atoms with E-state index in [0.29, 0.717) is 26.2 Å². The number of piperazine rings is 1. The van der Waals surface area contributed by atoms with Gasteiger partial charge in [-0.1, -0.05) is 5.57 Å². The van der Waals surface area contributed by atoms with E-state index >= 15 is 0 Å². The number of rotatable bonds is 1. The fraction of sp³-hybridized carbons (Fsp3) is 0.714. The van der Waals surface area contributed by atoms with E-state index in [1.54, 1.807) is 16.0 Å². The van der Waals surface area contributed by atoms with Crippen LogP contribution in [0.5, 0.6) is 0 Å². The lowest BCUT2D eigenvalue weighted by Gasteiger charge is -2.35. The molecule has 0 unspecified atom stereocenters. The number of allylic oxidation sites excluding steroid dienone is 1. The Bertz CT molecular complexity index is 387. The molecule has 0 atom stereocenters. The van der Waals surface area contributed by atoms with Gasteiger partial charge in [-0.15, -0.1) is 0 Å². The van der Waals surface area contributed by atoms with Crippen LogP contribution in [0.1, 0.15) is 34.6 Å². The normalized spacial score (nSPS) is 15.7. The van der Waals surface area contributed by atoms with Gasteiger partial charge in [-0.25, -0.2) is 9.59 Å². The summed E-state index contributed by atoms with van der Waals surface area (Å²) in [5.74, 6) is 0. The topological polar surface area (TPSA) is 61.9 Å². The standard InChI is InChI=1S/C14H25N3O3/c1-11(2)10-15-12(18)16-6-8-17(9-7-16)13(19)20-14(3,4)5/h10H,6-9H2,1-5H3,(H,15,18). The highest BCUT2D eigenvalue weighted by atomic mass is 16.6. The summed E-state index contributed by atoms with van der Waals surface area (Å²) in [5, 5.41) is 2.72. The molecular weight excluding hydrogens is 258 g/mol. The second-order valence-electron chi connectivity index (χ2n) is 6.13. The largest absolute Gasteiger partial charge is 0.444 e. The Hall–Kier alpha value is -1.72. The summed E-state index contributed by atoms with van der Waals surface area (Å²) in [6.07, 6.45) is 1.37. The van der Waals surface area contributed by atoms with Crippen LogP contribution in [0.3, 0.4) is 0 Å². The quantitative estimate of drug-likeness (QED) is 0.802. The van der Waals surface area contributed by atoms with Crippen molar-refractivity contribution in [2.45, 2.75) is 40.2 Å². The molecule has 1 aliphatic rings. The molecule has 1 heterocycles. The Morgan fingerprint density at radius 2 is 1.55 bits per heavy atom. The summed E-state index contributed by atoms with van der Waals surface area (Å²) in [5.41, 5.74) is 0.542. The van der Waals surface area contributed by atoms with Gasteiger partial charge in [0.05, 0.1) is 0 Å². The van der Waals surface area contributed by atoms with Crippen molar-refractivity contribution in [3.05, 3.63) is 11.8 Å². The molecule has 0 aromatic heterocycles. The Morgan fingerprint density at radius 1 is 1.05 bits per heavy atom. The van der Waals surface area contributed by atoms with Crippen LogP contribution < -0.4 is 5.32 Å². The number of hydrogen-bond acceptors (Lipinski definition) is 3. The molecule has 0 spiro atoms. The first kappa shape index (κ1) is 16.3. The molecule has 1 fully saturated rings. The van der Waals surface area contributed by atoms with Gasteiger partial charge in [0.25, 0.3) is 0 Å². The molecule has 20 heavy (non-hydrogen) atoms. The summed E-state index contributed by atoms with van der Waals surface area (Å²) in [6, 6.07) is -0.130. The first-order chi connectivity index (χ1) is 9.19. The van der Waals surface area contributed by atoms with Crippen molar-refractivity contribution in [1.29, 1.82) is 0 Å². The maximum Gasteiger partial charge on any atom is 0.410 e. The minimum Gasteiger partial charge on any atom is -0.444 e. The molecule has 3 amide bonds. The van der Waals surface area contributed by atoms with Gasteiger partial charge in [0.2, 0.25) is 0 Å². The number of ether oxygens (including phenoxy) is 1. The highest BCUT2D eigenvalue weighted by molar-refractivity contribution is 5.76. The monoisotopic (exact) mass is 283 g/mol. The van der Waals surface area contributed by atoms with Crippen LogP contribution >= 0.6 is 0 Å². The number of amides is 3. The fourth-order valence-electron chi connectivity index (χ4n) is 1.72. The van der Waals surface area contributed by atoms with Crippen LogP contribution in [0, 0.1) is 0 Å². The van der Waals surface area contributed by atoms with Crippen LogP contribution in [-0.2, 0) is 4.74 Å². The lowest BCUT2D eigenvalue weighted by Crippen LogP contribution is -2.53. The molecule has 0 aliphatic carbocycles. The Kier molecular flexibility index (Phi) is 5.42. The highest BCUT2D eigenvalue weighted by Gasteiger charge is 2.27. The molecule has 0 aromatic rings. The number of carbonyl (C=O) groups excluding carboxylic acids is 2. The Morgan fingerprint density at radius 3 is 2.00 bits per heavy atom. The lowest BCUT2D eigenvalue weighted by atomic mass is 10.2. The second-order valence-corrected chi connectivity index (χ2v) is 6.13. The van der Waals surface area contributed by atoms with Crippen molar-refractivity contribution in [2.75, 3.05) is 26.2 Å². The molecule has 0 radical (unpaired) electrons. The van der Waals surface area contributed by atoms with Gasteiger partial charge >= 0.3 is 12.1 Å². The third-order valence-corrected chi connectivity index (χ3v) is 2.70. The number of nitrogens with zero attached hydrogens (tertiary/aromatic N) is 2. The molecule has 1 aliphatic heterocycles. The first-order valence-electron chi connectivity index (χ1n) is 6.86. The highest BCUT2D eigenvalue weighted by Crippen LogP contribution is 2.11. The molecule has 0 saturated carbocycles. The summed E-state index contributed by atoms with van der Waals surface area (Å²) in [6.45, 7) is 11.4. The van der Waals surface area contributed by atoms with Crippen molar-refractivity contribution in [3.8, 4) is 0 Å². The van der Waals surface area contributed by atoms with Crippen LogP contribution in [0.4, 0.5) is 9.59 Å². The number of urea groups is 1. The van der Waals surface area contributed by atoms with Crippen molar-refractivity contribution in [3.63, 3.8) is 0 Å². The third kappa shape index (κ3) is 5.50. The van der Waals surface area contributed by atoms with Gasteiger partial charge in [0.1, 0.15) is 5.60 Å². The molecule has 0 bridgehead atoms. The summed E-state index contributed by atoms with van der Waals surface area (Å²) >= 11 is 0. The van der Waals surface area contributed by atoms with Crippen molar-refractivity contribution in [1.82, 2.24) is 15.1 Å². The third-order valence-electron chi connectivity index (χ3n) is 2.70. The molecule has 6 nitrogen and oxygen atoms in total. The van der Waals surface area contributed by atoms with Crippen molar-refractivity contribution >= 4 is 12.1 Å². The van der Waals surface area contributed by atoms with E-state index in [1.165, 1.54) is 0 Å². The molecule has 1 N–H and O–H groups in total. The molecule has 1 saturated heterocycles. The zero-order valence-corrected chi connectivity index (χ0v) is 13.0. The van der Waals surface area contributed by atoms with Crippen LogP contribution in [0.25, 0.3) is 0 Å². The molecule has 0 aromatic carbocycles. The minimum absolute atomic E-state index is 0.130. The minimum atomic E-state index is -0.491. The molecule has 6 heteroatoms. The molecule has 114 valence electrons. The van der Waals surface area contributed by atoms with E-state index in [1.807, 2.05) is 34.6 Å². The van der Waals surface area contributed by atoms with E-state index in [-0.39, 0.29) is 12.1 Å². The number of nitrogens with one attached hydrogen (secondary N) is 1. The molecule has 1 rings (SSSR count). The SMILES string of the molecule is CC(C)=CNC(=O)N1CCN(C(=O)OC(C)(C)C)CC1. The average molecular weight is 283 g/mol. The maximum absolute atomic E-state index is 11.9. The fourth-order valence-corrected chi connectivity index (χ4v) is 1.72. The van der Waals surface area contributed by atoms with Crippen molar-refractivity contribution < 1.29 is 14.3 Å². The number of carbonyl (C=O) groups is 2. The van der Waals surface area contributed by atoms with Gasteiger partial charge in [0, 0.05) is 32.4 Å². The average Bonchev–Trinajstić information content (AvgIpc) is 2.34. The zero-order chi connectivity index (χ0) is 15.3. The Balaban J connectivity index is 2.42. The van der Waals surface area contributed by atoms with E-state index in [4.69, 9.17) is 4.74 Å². The van der Waals surface area contributed by atoms with Gasteiger partial charge in [0.15, 0.2) is 0 Å². The van der Waals surface area contributed by atoms with Gasteiger partial charge in [-0.05, 0) is 34.6 Å². The van der Waals surface area contributed by atoms with E-state index in [0.717, 1.165) is 5.57 Å². The predicted octanol–water partition coefficient (Wildman–Crippen LogP) is 2.17. The lowest BCUT2D eigenvalue weighted by molar-refractivity contribution is 0.0171. The number of hydrogen-bond donors (Lipinski definition) is 1. The van der Waals surface area contributed by atoms with E-state index in [2.05, 4.69) is 5.32 Å². The Labute approximate surface area is 120 Å². The summed E-state index contributed by atoms with van der Waals surface area (Å²) in [4.78, 5) is 27.1. The van der Waals surface area contributed by atoms with E-state index in [9.17, 15) is 9.59 Å². The zero-order valence-electron chi connectivity index (χ0n) is 13.0. The predicted molar refractivity (Wildman–Crippen MR) is 77.3 cm³/mol. The van der Waals surface area contributed by atoms with Crippen LogP contribution in [0.2, 0.25) is 0 Å². The first-order valence-corrected chi connectivity index (χ1v) is 6.86. The second kappa shape index (κ2) is 6.63. The maximum atomic E-state index is 11.9. The molecular formula is C14H25N3O3. The van der Waals surface area contributed by atoms with Gasteiger partial charge < -0.3 is 19.9 Å². The van der Waals surface area contributed by atoms with E-state index < -0.39 is 5.60 Å². The summed E-state index contributed by atoms with van der Waals surface area (Å²) in [7, 11) is 0. The van der Waals surface area contributed by atoms with Gasteiger partial charge in [-0.3, -0.25) is 0 Å².